The fourth-order valence-corrected chi connectivity index (χ4v) is 2.70. The van der Waals surface area contributed by atoms with E-state index in [0.29, 0.717) is 0 Å². The molecule has 0 fully saturated rings. The molecule has 1 aromatic carbocycles. The van der Waals surface area contributed by atoms with Gasteiger partial charge in [-0.3, -0.25) is 0 Å². The first-order valence-electron chi connectivity index (χ1n) is 5.59. The molecule has 0 aliphatic rings. The van der Waals surface area contributed by atoms with E-state index in [9.17, 15) is 0 Å². The third-order valence-corrected chi connectivity index (χ3v) is 3.70. The monoisotopic (exact) mass is 247 g/mol. The highest BCUT2D eigenvalue weighted by atomic mass is 32.2. The molecule has 0 aliphatic heterocycles. The molecule has 0 spiro atoms. The maximum Gasteiger partial charge on any atom is 0.106 e. The predicted octanol–water partition coefficient (Wildman–Crippen LogP) is 3.67. The number of nitrogens with two attached hydrogens (primary N) is 1. The highest BCUT2D eigenvalue weighted by molar-refractivity contribution is 7.98. The Labute approximate surface area is 106 Å². The van der Waals surface area contributed by atoms with Crippen LogP contribution in [0.1, 0.15) is 28.7 Å². The Kier molecular flexibility index (Phi) is 3.60. The molecule has 0 amide bonds. The Bertz CT molecular complexity index is 519. The van der Waals surface area contributed by atoms with Crippen molar-refractivity contribution in [3.8, 4) is 0 Å². The lowest BCUT2D eigenvalue weighted by Gasteiger charge is -2.14. The van der Waals surface area contributed by atoms with E-state index in [2.05, 4.69) is 18.4 Å². The second kappa shape index (κ2) is 4.98. The van der Waals surface area contributed by atoms with Gasteiger partial charge in [0.05, 0.1) is 6.04 Å². The molecule has 2 nitrogen and oxygen atoms in total. The van der Waals surface area contributed by atoms with Crippen molar-refractivity contribution in [1.82, 2.24) is 0 Å². The first-order chi connectivity index (χ1) is 8.13. The lowest BCUT2D eigenvalue weighted by atomic mass is 10.00. The lowest BCUT2D eigenvalue weighted by molar-refractivity contribution is 0.499. The van der Waals surface area contributed by atoms with E-state index in [1.54, 1.807) is 11.8 Å². The molecular weight excluding hydrogens is 230 g/mol. The van der Waals surface area contributed by atoms with Crippen molar-refractivity contribution in [2.75, 3.05) is 6.26 Å². The van der Waals surface area contributed by atoms with Crippen molar-refractivity contribution in [3.05, 3.63) is 53.0 Å². The average molecular weight is 247 g/mol. The molecule has 17 heavy (non-hydrogen) atoms. The van der Waals surface area contributed by atoms with Crippen LogP contribution < -0.4 is 5.73 Å². The van der Waals surface area contributed by atoms with E-state index in [1.807, 2.05) is 32.0 Å². The zero-order valence-corrected chi connectivity index (χ0v) is 11.2. The van der Waals surface area contributed by atoms with Gasteiger partial charge in [0.25, 0.3) is 0 Å². The van der Waals surface area contributed by atoms with Gasteiger partial charge in [0.2, 0.25) is 0 Å². The normalized spacial score (nSPS) is 12.7. The van der Waals surface area contributed by atoms with Crippen molar-refractivity contribution < 1.29 is 4.42 Å². The van der Waals surface area contributed by atoms with Crippen molar-refractivity contribution in [2.45, 2.75) is 24.8 Å². The quantitative estimate of drug-likeness (QED) is 0.841. The zero-order chi connectivity index (χ0) is 12.4. The Morgan fingerprint density at radius 1 is 1.18 bits per heavy atom. The lowest BCUT2D eigenvalue weighted by Crippen LogP contribution is -2.13. The molecule has 0 bridgehead atoms. The molecule has 2 N–H and O–H groups in total. The number of rotatable bonds is 3. The van der Waals surface area contributed by atoms with Crippen LogP contribution in [0, 0.1) is 13.8 Å². The first kappa shape index (κ1) is 12.3. The zero-order valence-electron chi connectivity index (χ0n) is 10.4. The molecular formula is C14H17NOS. The largest absolute Gasteiger partial charge is 0.466 e. The van der Waals surface area contributed by atoms with E-state index in [0.717, 1.165) is 22.6 Å². The number of thioether (sulfide) groups is 1. The van der Waals surface area contributed by atoms with Gasteiger partial charge in [0.1, 0.15) is 11.5 Å². The summed E-state index contributed by atoms with van der Waals surface area (Å²) in [5.74, 6) is 1.82. The van der Waals surface area contributed by atoms with Crippen LogP contribution in [0.2, 0.25) is 0 Å². The van der Waals surface area contributed by atoms with Crippen LogP contribution in [0.15, 0.2) is 39.6 Å². The van der Waals surface area contributed by atoms with Gasteiger partial charge in [0.15, 0.2) is 0 Å². The summed E-state index contributed by atoms with van der Waals surface area (Å²) in [6, 6.07) is 10.2. The van der Waals surface area contributed by atoms with Crippen molar-refractivity contribution in [1.29, 1.82) is 0 Å². The van der Waals surface area contributed by atoms with E-state index >= 15 is 0 Å². The van der Waals surface area contributed by atoms with Crippen LogP contribution in [0.25, 0.3) is 0 Å². The predicted molar refractivity (Wildman–Crippen MR) is 72.4 cm³/mol. The molecule has 0 radical (unpaired) electrons. The average Bonchev–Trinajstić information content (AvgIpc) is 2.67. The van der Waals surface area contributed by atoms with E-state index < -0.39 is 0 Å². The fraction of sp³-hybridized carbons (Fsp3) is 0.286. The standard InChI is InChI=1S/C14H17NOS/c1-9-8-12(10(2)16-9)14(15)11-6-4-5-7-13(11)17-3/h4-8,14H,15H2,1-3H3. The Hall–Kier alpha value is -1.19. The topological polar surface area (TPSA) is 39.2 Å². The summed E-state index contributed by atoms with van der Waals surface area (Å²) in [7, 11) is 0. The summed E-state index contributed by atoms with van der Waals surface area (Å²) in [6.07, 6.45) is 2.07. The number of hydrogen-bond donors (Lipinski definition) is 1. The smallest absolute Gasteiger partial charge is 0.106 e. The molecule has 1 heterocycles. The first-order valence-corrected chi connectivity index (χ1v) is 6.81. The summed E-state index contributed by atoms with van der Waals surface area (Å²) in [5.41, 5.74) is 8.56. The Morgan fingerprint density at radius 3 is 2.47 bits per heavy atom. The van der Waals surface area contributed by atoms with E-state index in [4.69, 9.17) is 10.2 Å². The van der Waals surface area contributed by atoms with Crippen molar-refractivity contribution in [3.63, 3.8) is 0 Å². The minimum absolute atomic E-state index is 0.115. The molecule has 90 valence electrons. The molecule has 2 rings (SSSR count). The summed E-state index contributed by atoms with van der Waals surface area (Å²) >= 11 is 1.72. The summed E-state index contributed by atoms with van der Waals surface area (Å²) < 4.78 is 5.54. The fourth-order valence-electron chi connectivity index (χ4n) is 2.05. The Morgan fingerprint density at radius 2 is 1.88 bits per heavy atom. The van der Waals surface area contributed by atoms with Crippen molar-refractivity contribution >= 4 is 11.8 Å². The summed E-state index contributed by atoms with van der Waals surface area (Å²) in [4.78, 5) is 1.22. The van der Waals surface area contributed by atoms with Gasteiger partial charge in [-0.25, -0.2) is 0 Å². The highest BCUT2D eigenvalue weighted by Crippen LogP contribution is 2.31. The number of benzene rings is 1. The Balaban J connectivity index is 2.43. The van der Waals surface area contributed by atoms with Gasteiger partial charge in [0, 0.05) is 10.5 Å². The van der Waals surface area contributed by atoms with Crippen LogP contribution in [0.3, 0.4) is 0 Å². The number of furan rings is 1. The van der Waals surface area contributed by atoms with Crippen LogP contribution in [0.4, 0.5) is 0 Å². The van der Waals surface area contributed by atoms with Gasteiger partial charge < -0.3 is 10.2 Å². The molecule has 0 saturated heterocycles. The molecule has 1 unspecified atom stereocenters. The molecule has 0 saturated carbocycles. The number of hydrogen-bond acceptors (Lipinski definition) is 3. The van der Waals surface area contributed by atoms with Crippen LogP contribution in [-0.2, 0) is 0 Å². The number of aryl methyl sites for hydroxylation is 2. The second-order valence-electron chi connectivity index (χ2n) is 4.09. The summed E-state index contributed by atoms with van der Waals surface area (Å²) in [5, 5.41) is 0. The maximum atomic E-state index is 6.33. The molecule has 2 aromatic rings. The molecule has 1 aromatic heterocycles. The minimum atomic E-state index is -0.115. The third kappa shape index (κ3) is 2.40. The molecule has 3 heteroatoms. The van der Waals surface area contributed by atoms with Gasteiger partial charge in [-0.2, -0.15) is 0 Å². The highest BCUT2D eigenvalue weighted by Gasteiger charge is 2.17. The molecule has 0 aliphatic carbocycles. The molecule has 1 atom stereocenters. The van der Waals surface area contributed by atoms with Crippen molar-refractivity contribution in [2.24, 2.45) is 5.73 Å². The van der Waals surface area contributed by atoms with Gasteiger partial charge >= 0.3 is 0 Å². The van der Waals surface area contributed by atoms with Crippen LogP contribution in [0.5, 0.6) is 0 Å². The van der Waals surface area contributed by atoms with Crippen LogP contribution in [-0.4, -0.2) is 6.26 Å². The SMILES string of the molecule is CSc1ccccc1C(N)c1cc(C)oc1C. The summed E-state index contributed by atoms with van der Waals surface area (Å²) in [6.45, 7) is 3.91. The third-order valence-electron chi connectivity index (χ3n) is 2.89. The van der Waals surface area contributed by atoms with Gasteiger partial charge in [-0.1, -0.05) is 18.2 Å². The van der Waals surface area contributed by atoms with E-state index in [1.165, 1.54) is 4.90 Å². The van der Waals surface area contributed by atoms with Gasteiger partial charge in [-0.05, 0) is 37.8 Å². The van der Waals surface area contributed by atoms with Crippen LogP contribution >= 0.6 is 11.8 Å². The van der Waals surface area contributed by atoms with E-state index in [-0.39, 0.29) is 6.04 Å². The minimum Gasteiger partial charge on any atom is -0.466 e. The second-order valence-corrected chi connectivity index (χ2v) is 4.94. The van der Waals surface area contributed by atoms with Gasteiger partial charge in [-0.15, -0.1) is 11.8 Å². The maximum absolute atomic E-state index is 6.33.